The summed E-state index contributed by atoms with van der Waals surface area (Å²) in [6.45, 7) is 5.37. The van der Waals surface area contributed by atoms with Crippen molar-refractivity contribution in [2.75, 3.05) is 39.0 Å². The predicted octanol–water partition coefficient (Wildman–Crippen LogP) is -0.119. The molecule has 9 nitrogen and oxygen atoms in total. The van der Waals surface area contributed by atoms with Crippen LogP contribution in [0.5, 0.6) is 0 Å². The Morgan fingerprint density at radius 3 is 2.43 bits per heavy atom. The molecular weight excluding hydrogens is 404 g/mol. The van der Waals surface area contributed by atoms with Gasteiger partial charge < -0.3 is 31.9 Å². The number of nitrogens with one attached hydrogen (secondary N) is 2. The molecule has 0 aromatic heterocycles. The normalized spacial score (nSPS) is 20.9. The van der Waals surface area contributed by atoms with E-state index >= 15 is 0 Å². The van der Waals surface area contributed by atoms with Crippen LogP contribution in [0.25, 0.3) is 0 Å². The summed E-state index contributed by atoms with van der Waals surface area (Å²) in [5, 5.41) is 5.35. The van der Waals surface area contributed by atoms with Crippen molar-refractivity contribution in [3.63, 3.8) is 0 Å². The maximum atomic E-state index is 12.8. The fourth-order valence-electron chi connectivity index (χ4n) is 3.38. The Bertz CT molecular complexity index is 757. The molecule has 30 heavy (non-hydrogen) atoms. The van der Waals surface area contributed by atoms with Crippen molar-refractivity contribution < 1.29 is 14.4 Å². The molecular formula is C20H32N6O3S. The number of carbonyl (C=O) groups excluding carboxylic acids is 3. The summed E-state index contributed by atoms with van der Waals surface area (Å²) in [4.78, 5) is 40.2. The first-order valence-corrected chi connectivity index (χ1v) is 10.9. The van der Waals surface area contributed by atoms with Crippen molar-refractivity contribution in [1.82, 2.24) is 15.1 Å². The van der Waals surface area contributed by atoms with E-state index < -0.39 is 17.3 Å². The van der Waals surface area contributed by atoms with E-state index in [4.69, 9.17) is 11.5 Å². The van der Waals surface area contributed by atoms with Gasteiger partial charge in [0.05, 0.1) is 0 Å². The summed E-state index contributed by atoms with van der Waals surface area (Å²) in [6, 6.07) is 5.88. The minimum absolute atomic E-state index is 0.0432. The molecule has 1 fully saturated rings. The van der Waals surface area contributed by atoms with Gasteiger partial charge in [-0.1, -0.05) is 0 Å². The second-order valence-corrected chi connectivity index (χ2v) is 8.98. The minimum atomic E-state index is -0.816. The Hall–Kier alpha value is -2.30. The van der Waals surface area contributed by atoms with Crippen LogP contribution >= 0.6 is 11.8 Å². The maximum Gasteiger partial charge on any atom is 0.248 e. The summed E-state index contributed by atoms with van der Waals surface area (Å²) in [5.74, 6) is -0.793. The van der Waals surface area contributed by atoms with Crippen molar-refractivity contribution in [1.29, 1.82) is 0 Å². The Kier molecular flexibility index (Phi) is 8.51. The zero-order valence-electron chi connectivity index (χ0n) is 17.9. The van der Waals surface area contributed by atoms with E-state index in [9.17, 15) is 14.4 Å². The SMILES string of the molecule is CCN1C(=O)[C@@H](CNc2ccc(C(N)=O)cc2)SC1[C@H](N)C(=O)NC(C)CN(C)C. The van der Waals surface area contributed by atoms with Crippen molar-refractivity contribution in [2.45, 2.75) is 36.6 Å². The van der Waals surface area contributed by atoms with E-state index in [2.05, 4.69) is 10.6 Å². The average molecular weight is 437 g/mol. The molecule has 2 unspecified atom stereocenters. The quantitative estimate of drug-likeness (QED) is 0.402. The van der Waals surface area contributed by atoms with Gasteiger partial charge in [0.1, 0.15) is 16.7 Å². The number of anilines is 1. The van der Waals surface area contributed by atoms with Crippen molar-refractivity contribution in [3.8, 4) is 0 Å². The molecule has 1 aromatic rings. The third kappa shape index (κ3) is 6.10. The molecule has 0 aliphatic carbocycles. The Balaban J connectivity index is 1.97. The number of nitrogens with zero attached hydrogens (tertiary/aromatic N) is 2. The molecule has 0 saturated carbocycles. The molecule has 2 rings (SSSR count). The van der Waals surface area contributed by atoms with Gasteiger partial charge in [-0.25, -0.2) is 0 Å². The molecule has 0 radical (unpaired) electrons. The molecule has 1 heterocycles. The molecule has 1 aliphatic heterocycles. The van der Waals surface area contributed by atoms with Gasteiger partial charge in [0.15, 0.2) is 0 Å². The number of thioether (sulfide) groups is 1. The number of nitrogens with two attached hydrogens (primary N) is 2. The van der Waals surface area contributed by atoms with Crippen molar-refractivity contribution in [2.24, 2.45) is 11.5 Å². The third-order valence-electron chi connectivity index (χ3n) is 4.81. The molecule has 166 valence electrons. The lowest BCUT2D eigenvalue weighted by molar-refractivity contribution is -0.131. The zero-order valence-corrected chi connectivity index (χ0v) is 18.7. The summed E-state index contributed by atoms with van der Waals surface area (Å²) >= 11 is 1.40. The molecule has 10 heteroatoms. The van der Waals surface area contributed by atoms with Gasteiger partial charge in [0.25, 0.3) is 0 Å². The monoisotopic (exact) mass is 436 g/mol. The van der Waals surface area contributed by atoms with Gasteiger partial charge in [-0.3, -0.25) is 14.4 Å². The number of rotatable bonds is 10. The summed E-state index contributed by atoms with van der Waals surface area (Å²) in [5.41, 5.74) is 12.7. The lowest BCUT2D eigenvalue weighted by Gasteiger charge is -2.28. The number of hydrogen-bond donors (Lipinski definition) is 4. The fraction of sp³-hybridized carbons (Fsp3) is 0.550. The van der Waals surface area contributed by atoms with Crippen LogP contribution in [-0.2, 0) is 9.59 Å². The molecule has 0 spiro atoms. The van der Waals surface area contributed by atoms with E-state index in [1.807, 2.05) is 32.8 Å². The van der Waals surface area contributed by atoms with Crippen LogP contribution in [0.1, 0.15) is 24.2 Å². The lowest BCUT2D eigenvalue weighted by Crippen LogP contribution is -2.55. The summed E-state index contributed by atoms with van der Waals surface area (Å²) in [7, 11) is 3.87. The number of amides is 3. The van der Waals surface area contributed by atoms with E-state index in [1.54, 1.807) is 29.2 Å². The van der Waals surface area contributed by atoms with Crippen LogP contribution in [0, 0.1) is 0 Å². The first-order valence-electron chi connectivity index (χ1n) is 9.94. The smallest absolute Gasteiger partial charge is 0.248 e. The average Bonchev–Trinajstić information content (AvgIpc) is 3.00. The Morgan fingerprint density at radius 1 is 1.27 bits per heavy atom. The maximum absolute atomic E-state index is 12.8. The van der Waals surface area contributed by atoms with Gasteiger partial charge >= 0.3 is 0 Å². The fourth-order valence-corrected chi connectivity index (χ4v) is 4.85. The second-order valence-electron chi connectivity index (χ2n) is 7.66. The van der Waals surface area contributed by atoms with Gasteiger partial charge in [0, 0.05) is 36.9 Å². The van der Waals surface area contributed by atoms with E-state index in [0.717, 1.165) is 5.69 Å². The molecule has 3 amide bonds. The number of carbonyl (C=O) groups is 3. The minimum Gasteiger partial charge on any atom is -0.383 e. The van der Waals surface area contributed by atoms with Crippen LogP contribution in [-0.4, -0.2) is 84.0 Å². The predicted molar refractivity (Wildman–Crippen MR) is 120 cm³/mol. The molecule has 1 saturated heterocycles. The van der Waals surface area contributed by atoms with Crippen molar-refractivity contribution in [3.05, 3.63) is 29.8 Å². The molecule has 0 bridgehead atoms. The Labute approximate surface area is 181 Å². The summed E-state index contributed by atoms with van der Waals surface area (Å²) < 4.78 is 0. The van der Waals surface area contributed by atoms with Crippen LogP contribution in [0.4, 0.5) is 5.69 Å². The lowest BCUT2D eigenvalue weighted by atomic mass is 10.2. The highest BCUT2D eigenvalue weighted by Gasteiger charge is 2.44. The van der Waals surface area contributed by atoms with Crippen LogP contribution in [0.2, 0.25) is 0 Å². The first-order chi connectivity index (χ1) is 14.1. The van der Waals surface area contributed by atoms with E-state index in [0.29, 0.717) is 25.2 Å². The van der Waals surface area contributed by atoms with Crippen LogP contribution < -0.4 is 22.1 Å². The van der Waals surface area contributed by atoms with Gasteiger partial charge in [-0.2, -0.15) is 0 Å². The van der Waals surface area contributed by atoms with Crippen LogP contribution in [0.3, 0.4) is 0 Å². The highest BCUT2D eigenvalue weighted by molar-refractivity contribution is 8.01. The third-order valence-corrected chi connectivity index (χ3v) is 6.33. The molecule has 4 atom stereocenters. The standard InChI is InChI=1S/C20H32N6O3S/c1-5-26-19(29)15(10-23-14-8-6-13(7-9-14)17(22)27)30-20(26)16(21)18(28)24-12(2)11-25(3)4/h6-9,12,15-16,20,23H,5,10-11,21H2,1-4H3,(H2,22,27)(H,24,28)/t12?,15-,16-,20?/m1/s1. The molecule has 1 aliphatic rings. The topological polar surface area (TPSA) is 134 Å². The number of hydrogen-bond acceptors (Lipinski definition) is 7. The Morgan fingerprint density at radius 2 is 1.90 bits per heavy atom. The van der Waals surface area contributed by atoms with Gasteiger partial charge in [-0.15, -0.1) is 11.8 Å². The zero-order chi connectivity index (χ0) is 22.4. The second kappa shape index (κ2) is 10.6. The van der Waals surface area contributed by atoms with E-state index in [-0.39, 0.29) is 23.1 Å². The highest BCUT2D eigenvalue weighted by atomic mass is 32.2. The summed E-state index contributed by atoms with van der Waals surface area (Å²) in [6.07, 6.45) is 0. The van der Waals surface area contributed by atoms with Gasteiger partial charge in [0.2, 0.25) is 17.7 Å². The number of benzene rings is 1. The van der Waals surface area contributed by atoms with Crippen LogP contribution in [0.15, 0.2) is 24.3 Å². The highest BCUT2D eigenvalue weighted by Crippen LogP contribution is 2.33. The van der Waals surface area contributed by atoms with E-state index in [1.165, 1.54) is 11.8 Å². The number of primary amides is 1. The molecule has 6 N–H and O–H groups in total. The molecule has 1 aromatic carbocycles. The van der Waals surface area contributed by atoms with Crippen molar-refractivity contribution >= 4 is 35.2 Å². The van der Waals surface area contributed by atoms with Gasteiger partial charge in [-0.05, 0) is 52.2 Å². The first kappa shape index (κ1) is 24.0. The largest absolute Gasteiger partial charge is 0.383 e. The number of likely N-dealkylation sites (N-methyl/N-ethyl adjacent to an activating group) is 2.